The van der Waals surface area contributed by atoms with Crippen molar-refractivity contribution in [3.63, 3.8) is 0 Å². The molecular formula is C18H22F4N4OS. The monoisotopic (exact) mass is 418 g/mol. The van der Waals surface area contributed by atoms with E-state index < -0.39 is 35.4 Å². The molecule has 5 nitrogen and oxygen atoms in total. The number of halogens is 4. The second kappa shape index (κ2) is 9.83. The summed E-state index contributed by atoms with van der Waals surface area (Å²) in [6.45, 7) is 4.03. The van der Waals surface area contributed by atoms with Crippen molar-refractivity contribution in [1.82, 2.24) is 15.2 Å². The van der Waals surface area contributed by atoms with E-state index in [-0.39, 0.29) is 12.2 Å². The molecule has 0 fully saturated rings. The molecule has 0 saturated carbocycles. The van der Waals surface area contributed by atoms with Crippen LogP contribution in [0.4, 0.5) is 17.6 Å². The van der Waals surface area contributed by atoms with Crippen molar-refractivity contribution in [3.8, 4) is 0 Å². The van der Waals surface area contributed by atoms with Crippen LogP contribution >= 0.6 is 11.3 Å². The molecule has 0 spiro atoms. The Morgan fingerprint density at radius 1 is 1.29 bits per heavy atom. The van der Waals surface area contributed by atoms with E-state index in [4.69, 9.17) is 4.74 Å². The van der Waals surface area contributed by atoms with Crippen molar-refractivity contribution >= 4 is 17.3 Å². The van der Waals surface area contributed by atoms with E-state index in [9.17, 15) is 17.6 Å². The van der Waals surface area contributed by atoms with Gasteiger partial charge in [0, 0.05) is 32.1 Å². The van der Waals surface area contributed by atoms with Crippen molar-refractivity contribution < 1.29 is 22.3 Å². The SMILES string of the molecule is CCNC(=NCc1c(F)c(F)cc(F)c1F)N(C)Cc1csc(C(C)OC)n1. The van der Waals surface area contributed by atoms with Crippen LogP contribution in [-0.4, -0.2) is 36.5 Å². The van der Waals surface area contributed by atoms with Gasteiger partial charge in [0.05, 0.1) is 24.3 Å². The number of thiazole rings is 1. The molecule has 0 radical (unpaired) electrons. The number of aliphatic imine (C=N–C) groups is 1. The maximum atomic E-state index is 13.8. The zero-order valence-corrected chi connectivity index (χ0v) is 16.8. The first-order valence-electron chi connectivity index (χ1n) is 8.56. The summed E-state index contributed by atoms with van der Waals surface area (Å²) in [6.07, 6.45) is -0.125. The third-order valence-corrected chi connectivity index (χ3v) is 5.01. The van der Waals surface area contributed by atoms with Crippen LogP contribution < -0.4 is 5.32 Å². The summed E-state index contributed by atoms with van der Waals surface area (Å²) in [4.78, 5) is 10.3. The van der Waals surface area contributed by atoms with Gasteiger partial charge in [0.25, 0.3) is 0 Å². The van der Waals surface area contributed by atoms with Crippen molar-refractivity contribution in [1.29, 1.82) is 0 Å². The summed E-state index contributed by atoms with van der Waals surface area (Å²) in [5, 5.41) is 5.68. The standard InChI is InChI=1S/C18H22F4N4OS/c1-5-23-18(24-7-12-15(21)13(19)6-14(20)16(12)22)26(3)8-11-9-28-17(25-11)10(2)27-4/h6,9-10H,5,7-8H2,1-4H3,(H,23,24). The van der Waals surface area contributed by atoms with Gasteiger partial charge in [-0.05, 0) is 13.8 Å². The lowest BCUT2D eigenvalue weighted by atomic mass is 10.2. The average Bonchev–Trinajstić information content (AvgIpc) is 3.13. The Kier molecular flexibility index (Phi) is 7.76. The van der Waals surface area contributed by atoms with Gasteiger partial charge in [-0.2, -0.15) is 0 Å². The van der Waals surface area contributed by atoms with Crippen molar-refractivity contribution in [2.45, 2.75) is 33.0 Å². The van der Waals surface area contributed by atoms with Gasteiger partial charge in [-0.3, -0.25) is 0 Å². The first-order valence-corrected chi connectivity index (χ1v) is 9.44. The van der Waals surface area contributed by atoms with Gasteiger partial charge in [0.15, 0.2) is 29.2 Å². The van der Waals surface area contributed by atoms with Crippen molar-refractivity contribution in [3.05, 3.63) is 51.0 Å². The molecule has 0 aliphatic heterocycles. The number of aromatic nitrogens is 1. The van der Waals surface area contributed by atoms with Gasteiger partial charge in [0.1, 0.15) is 11.1 Å². The number of hydrogen-bond donors (Lipinski definition) is 1. The van der Waals surface area contributed by atoms with Crippen LogP contribution in [0, 0.1) is 23.3 Å². The third kappa shape index (κ3) is 5.20. The van der Waals surface area contributed by atoms with E-state index in [1.165, 1.54) is 11.3 Å². The van der Waals surface area contributed by atoms with Crippen LogP contribution in [-0.2, 0) is 17.8 Å². The van der Waals surface area contributed by atoms with Gasteiger partial charge >= 0.3 is 0 Å². The molecule has 10 heteroatoms. The molecule has 0 aliphatic carbocycles. The highest BCUT2D eigenvalue weighted by molar-refractivity contribution is 7.09. The lowest BCUT2D eigenvalue weighted by Gasteiger charge is -2.21. The normalized spacial score (nSPS) is 12.9. The lowest BCUT2D eigenvalue weighted by Crippen LogP contribution is -2.38. The maximum absolute atomic E-state index is 13.8. The molecule has 0 bridgehead atoms. The van der Waals surface area contributed by atoms with E-state index in [2.05, 4.69) is 15.3 Å². The molecule has 2 aromatic rings. The van der Waals surface area contributed by atoms with E-state index in [0.29, 0.717) is 19.0 Å². The van der Waals surface area contributed by atoms with Crippen LogP contribution in [0.1, 0.15) is 36.2 Å². The number of nitrogens with one attached hydrogen (secondary N) is 1. The molecule has 1 N–H and O–H groups in total. The van der Waals surface area contributed by atoms with Gasteiger partial charge in [-0.25, -0.2) is 27.5 Å². The Labute approximate surface area is 165 Å². The number of methoxy groups -OCH3 is 1. The Balaban J connectivity index is 2.19. The van der Waals surface area contributed by atoms with Crippen LogP contribution in [0.5, 0.6) is 0 Å². The smallest absolute Gasteiger partial charge is 0.194 e. The zero-order valence-electron chi connectivity index (χ0n) is 16.0. The molecule has 0 aliphatic rings. The van der Waals surface area contributed by atoms with Gasteiger partial charge in [-0.15, -0.1) is 11.3 Å². The summed E-state index contributed by atoms with van der Waals surface area (Å²) in [7, 11) is 3.32. The van der Waals surface area contributed by atoms with Crippen LogP contribution in [0.3, 0.4) is 0 Å². The third-order valence-electron chi connectivity index (χ3n) is 3.96. The topological polar surface area (TPSA) is 49.8 Å². The number of rotatable bonds is 7. The van der Waals surface area contributed by atoms with Crippen LogP contribution in [0.2, 0.25) is 0 Å². The minimum absolute atomic E-state index is 0.125. The number of benzene rings is 1. The molecule has 1 aromatic heterocycles. The fraction of sp³-hybridized carbons (Fsp3) is 0.444. The van der Waals surface area contributed by atoms with Gasteiger partial charge in [-0.1, -0.05) is 0 Å². The van der Waals surface area contributed by atoms with Crippen LogP contribution in [0.15, 0.2) is 16.4 Å². The summed E-state index contributed by atoms with van der Waals surface area (Å²) in [5.41, 5.74) is 0.0114. The fourth-order valence-corrected chi connectivity index (χ4v) is 3.23. The number of guanidine groups is 1. The quantitative estimate of drug-likeness (QED) is 0.320. The van der Waals surface area contributed by atoms with Crippen molar-refractivity contribution in [2.75, 3.05) is 20.7 Å². The molecular weight excluding hydrogens is 396 g/mol. The molecule has 2 rings (SSSR count). The predicted octanol–water partition coefficient (Wildman–Crippen LogP) is 4.00. The first-order chi connectivity index (χ1) is 13.3. The van der Waals surface area contributed by atoms with E-state index >= 15 is 0 Å². The summed E-state index contributed by atoms with van der Waals surface area (Å²) >= 11 is 1.46. The van der Waals surface area contributed by atoms with E-state index in [1.54, 1.807) is 19.1 Å². The minimum atomic E-state index is -1.45. The van der Waals surface area contributed by atoms with Gasteiger partial charge < -0.3 is 15.0 Å². The number of ether oxygens (including phenoxy) is 1. The predicted molar refractivity (Wildman–Crippen MR) is 100 cm³/mol. The molecule has 0 saturated heterocycles. The molecule has 1 unspecified atom stereocenters. The Morgan fingerprint density at radius 3 is 2.50 bits per heavy atom. The highest BCUT2D eigenvalue weighted by Crippen LogP contribution is 2.22. The summed E-state index contributed by atoms with van der Waals surface area (Å²) < 4.78 is 59.6. The second-order valence-corrected chi connectivity index (χ2v) is 6.92. The average molecular weight is 418 g/mol. The molecule has 1 aromatic carbocycles. The lowest BCUT2D eigenvalue weighted by molar-refractivity contribution is 0.119. The highest BCUT2D eigenvalue weighted by atomic mass is 32.1. The van der Waals surface area contributed by atoms with E-state index in [1.807, 2.05) is 19.2 Å². The maximum Gasteiger partial charge on any atom is 0.194 e. The minimum Gasteiger partial charge on any atom is -0.375 e. The van der Waals surface area contributed by atoms with Crippen LogP contribution in [0.25, 0.3) is 0 Å². The molecule has 28 heavy (non-hydrogen) atoms. The fourth-order valence-electron chi connectivity index (χ4n) is 2.39. The molecule has 154 valence electrons. The number of hydrogen-bond acceptors (Lipinski definition) is 4. The zero-order chi connectivity index (χ0) is 20.8. The Bertz CT molecular complexity index is 817. The summed E-state index contributed by atoms with van der Waals surface area (Å²) in [6, 6.07) is 0.177. The van der Waals surface area contributed by atoms with Crippen molar-refractivity contribution in [2.24, 2.45) is 4.99 Å². The number of nitrogens with zero attached hydrogens (tertiary/aromatic N) is 3. The second-order valence-electron chi connectivity index (χ2n) is 6.03. The summed E-state index contributed by atoms with van der Waals surface area (Å²) in [5.74, 6) is -5.48. The Morgan fingerprint density at radius 2 is 1.93 bits per heavy atom. The Hall–Kier alpha value is -2.20. The first kappa shape index (κ1) is 22.1. The largest absolute Gasteiger partial charge is 0.375 e. The van der Waals surface area contributed by atoms with Gasteiger partial charge in [0.2, 0.25) is 0 Å². The highest BCUT2D eigenvalue weighted by Gasteiger charge is 2.19. The molecule has 1 heterocycles. The molecule has 0 amide bonds. The molecule has 1 atom stereocenters. The van der Waals surface area contributed by atoms with E-state index in [0.717, 1.165) is 10.7 Å².